The van der Waals surface area contributed by atoms with Crippen LogP contribution in [0.3, 0.4) is 0 Å². The Bertz CT molecular complexity index is 540. The Morgan fingerprint density at radius 1 is 0.586 bits per heavy atom. The van der Waals surface area contributed by atoms with Gasteiger partial charge in [-0.1, -0.05) is 0 Å². The number of Topliss-reactive ketones (excluding diaryl/α,β-unsaturated/α-hetero) is 1. The van der Waals surface area contributed by atoms with Gasteiger partial charge < -0.3 is 20.2 Å². The molecule has 1 saturated heterocycles. The summed E-state index contributed by atoms with van der Waals surface area (Å²) < 4.78 is 0. The van der Waals surface area contributed by atoms with Crippen molar-refractivity contribution in [1.29, 1.82) is 0 Å². The van der Waals surface area contributed by atoms with Gasteiger partial charge in [-0.3, -0.25) is 33.9 Å². The fourth-order valence-electron chi connectivity index (χ4n) is 3.17. The molecule has 0 atom stereocenters. The molecule has 0 aromatic heterocycles. The third-order valence-corrected chi connectivity index (χ3v) is 4.79. The molecule has 11 heteroatoms. The largest absolute Gasteiger partial charge is 0.480 e. The average molecular weight is 416 g/mol. The van der Waals surface area contributed by atoms with Crippen molar-refractivity contribution in [3.8, 4) is 0 Å². The van der Waals surface area contributed by atoms with Gasteiger partial charge in [-0.25, -0.2) is 0 Å². The molecule has 1 heterocycles. The Morgan fingerprint density at radius 2 is 0.862 bits per heavy atom. The fraction of sp³-hybridized carbons (Fsp3) is 0.778. The third-order valence-electron chi connectivity index (χ3n) is 4.79. The summed E-state index contributed by atoms with van der Waals surface area (Å²) in [4.78, 5) is 52.1. The predicted octanol–water partition coefficient (Wildman–Crippen LogP) is -1.56. The van der Waals surface area contributed by atoms with Gasteiger partial charge >= 0.3 is 17.9 Å². The quantitative estimate of drug-likeness (QED) is 0.402. The van der Waals surface area contributed by atoms with E-state index in [-0.39, 0.29) is 25.4 Å². The maximum Gasteiger partial charge on any atom is 0.317 e. The highest BCUT2D eigenvalue weighted by atomic mass is 16.4. The molecule has 0 unspecified atom stereocenters. The van der Waals surface area contributed by atoms with Crippen LogP contribution in [0.5, 0.6) is 0 Å². The zero-order valence-corrected chi connectivity index (χ0v) is 17.0. The Labute approximate surface area is 170 Å². The highest BCUT2D eigenvalue weighted by molar-refractivity contribution is 5.75. The van der Waals surface area contributed by atoms with Gasteiger partial charge in [-0.05, 0) is 6.92 Å². The molecule has 3 N–H and O–H groups in total. The number of carbonyl (C=O) groups excluding carboxylic acids is 1. The summed E-state index contributed by atoms with van der Waals surface area (Å²) in [6.45, 7) is 5.09. The van der Waals surface area contributed by atoms with Gasteiger partial charge in [0.25, 0.3) is 0 Å². The SMILES string of the molecule is CC(=O)CCN1CCN(CC(=O)O)CCN(CC(=O)O)CCN(CC(=O)O)CC1. The summed E-state index contributed by atoms with van der Waals surface area (Å²) in [6.07, 6.45) is 0.379. The Hall–Kier alpha value is -2.08. The van der Waals surface area contributed by atoms with Crippen LogP contribution in [0.4, 0.5) is 0 Å². The third kappa shape index (κ3) is 12.2. The van der Waals surface area contributed by atoms with Crippen LogP contribution in [-0.4, -0.2) is 137 Å². The van der Waals surface area contributed by atoms with Crippen LogP contribution in [0.25, 0.3) is 0 Å². The van der Waals surface area contributed by atoms with Crippen molar-refractivity contribution >= 4 is 23.7 Å². The number of carboxylic acids is 3. The minimum Gasteiger partial charge on any atom is -0.480 e. The second-order valence-electron chi connectivity index (χ2n) is 7.30. The van der Waals surface area contributed by atoms with Gasteiger partial charge in [0, 0.05) is 65.3 Å². The summed E-state index contributed by atoms with van der Waals surface area (Å²) in [6, 6.07) is 0. The lowest BCUT2D eigenvalue weighted by atomic mass is 10.2. The minimum atomic E-state index is -0.984. The summed E-state index contributed by atoms with van der Waals surface area (Å²) in [7, 11) is 0. The number of hydrogen-bond donors (Lipinski definition) is 3. The maximum atomic E-state index is 11.4. The molecule has 1 aliphatic heterocycles. The van der Waals surface area contributed by atoms with Crippen molar-refractivity contribution < 1.29 is 34.5 Å². The molecule has 166 valence electrons. The van der Waals surface area contributed by atoms with E-state index < -0.39 is 17.9 Å². The lowest BCUT2D eigenvalue weighted by Crippen LogP contribution is -2.48. The second-order valence-corrected chi connectivity index (χ2v) is 7.30. The zero-order valence-electron chi connectivity index (χ0n) is 17.0. The smallest absolute Gasteiger partial charge is 0.317 e. The van der Waals surface area contributed by atoms with Crippen LogP contribution in [-0.2, 0) is 19.2 Å². The molecule has 1 aliphatic rings. The van der Waals surface area contributed by atoms with Crippen LogP contribution in [0.1, 0.15) is 13.3 Å². The average Bonchev–Trinajstić information content (AvgIpc) is 2.59. The highest BCUT2D eigenvalue weighted by Crippen LogP contribution is 2.02. The number of hydrogen-bond acceptors (Lipinski definition) is 8. The summed E-state index contributed by atoms with van der Waals surface area (Å²) in [5.74, 6) is -2.83. The number of carboxylic acid groups (broad SMARTS) is 3. The first-order valence-electron chi connectivity index (χ1n) is 9.70. The number of rotatable bonds is 9. The molecule has 29 heavy (non-hydrogen) atoms. The van der Waals surface area contributed by atoms with Crippen molar-refractivity contribution in [1.82, 2.24) is 19.6 Å². The first-order chi connectivity index (χ1) is 13.7. The number of aliphatic carboxylic acids is 3. The number of carbonyl (C=O) groups is 4. The van der Waals surface area contributed by atoms with Crippen LogP contribution in [0.2, 0.25) is 0 Å². The van der Waals surface area contributed by atoms with E-state index >= 15 is 0 Å². The van der Waals surface area contributed by atoms with Crippen molar-refractivity contribution in [2.45, 2.75) is 13.3 Å². The molecule has 0 aliphatic carbocycles. The lowest BCUT2D eigenvalue weighted by molar-refractivity contribution is -0.140. The van der Waals surface area contributed by atoms with Crippen molar-refractivity contribution in [2.24, 2.45) is 0 Å². The van der Waals surface area contributed by atoms with Gasteiger partial charge in [-0.2, -0.15) is 0 Å². The van der Waals surface area contributed by atoms with Gasteiger partial charge in [0.15, 0.2) is 0 Å². The molecule has 0 bridgehead atoms. The van der Waals surface area contributed by atoms with E-state index in [0.717, 1.165) is 0 Å². The maximum absolute atomic E-state index is 11.4. The molecule has 11 nitrogen and oxygen atoms in total. The van der Waals surface area contributed by atoms with E-state index in [4.69, 9.17) is 15.3 Å². The standard InChI is InChI=1S/C18H32N4O7/c1-15(23)2-3-19-4-6-20(12-16(24)25)8-10-22(14-18(28)29)11-9-21(7-5-19)13-17(26)27/h2-14H2,1H3,(H,24,25)(H,26,27)(H,28,29). The van der Waals surface area contributed by atoms with Gasteiger partial charge in [0.2, 0.25) is 0 Å². The summed E-state index contributed by atoms with van der Waals surface area (Å²) in [5, 5.41) is 27.4. The molecule has 1 rings (SSSR count). The van der Waals surface area contributed by atoms with E-state index in [1.165, 1.54) is 6.92 Å². The van der Waals surface area contributed by atoms with E-state index in [1.54, 1.807) is 14.7 Å². The van der Waals surface area contributed by atoms with Crippen molar-refractivity contribution in [3.05, 3.63) is 0 Å². The minimum absolute atomic E-state index is 0.0604. The van der Waals surface area contributed by atoms with E-state index in [9.17, 15) is 19.2 Å². The van der Waals surface area contributed by atoms with Crippen LogP contribution in [0, 0.1) is 0 Å². The molecule has 0 aromatic rings. The number of ketones is 1. The Kier molecular flexibility index (Phi) is 11.4. The van der Waals surface area contributed by atoms with Crippen molar-refractivity contribution in [2.75, 3.05) is 78.5 Å². The van der Waals surface area contributed by atoms with E-state index in [2.05, 4.69) is 0 Å². The van der Waals surface area contributed by atoms with E-state index in [0.29, 0.717) is 65.3 Å². The molecular formula is C18H32N4O7. The lowest BCUT2D eigenvalue weighted by Gasteiger charge is -2.33. The molecule has 0 radical (unpaired) electrons. The molecule has 0 amide bonds. The molecule has 0 saturated carbocycles. The molecule has 0 spiro atoms. The Balaban J connectivity index is 2.89. The van der Waals surface area contributed by atoms with Crippen LogP contribution < -0.4 is 0 Å². The highest BCUT2D eigenvalue weighted by Gasteiger charge is 2.20. The molecular weight excluding hydrogens is 384 g/mol. The topological polar surface area (TPSA) is 142 Å². The summed E-state index contributed by atoms with van der Waals surface area (Å²) >= 11 is 0. The van der Waals surface area contributed by atoms with Gasteiger partial charge in [-0.15, -0.1) is 0 Å². The second kappa shape index (κ2) is 13.2. The number of nitrogens with zero attached hydrogens (tertiary/aromatic N) is 4. The first kappa shape index (κ1) is 25.0. The Morgan fingerprint density at radius 3 is 1.10 bits per heavy atom. The predicted molar refractivity (Wildman–Crippen MR) is 104 cm³/mol. The van der Waals surface area contributed by atoms with Gasteiger partial charge in [0.1, 0.15) is 5.78 Å². The normalized spacial score (nSPS) is 19.2. The monoisotopic (exact) mass is 416 g/mol. The van der Waals surface area contributed by atoms with E-state index in [1.807, 2.05) is 4.90 Å². The first-order valence-corrected chi connectivity index (χ1v) is 9.70. The van der Waals surface area contributed by atoms with Crippen LogP contribution in [0.15, 0.2) is 0 Å². The fourth-order valence-corrected chi connectivity index (χ4v) is 3.17. The van der Waals surface area contributed by atoms with Gasteiger partial charge in [0.05, 0.1) is 19.6 Å². The van der Waals surface area contributed by atoms with Crippen LogP contribution >= 0.6 is 0 Å². The molecule has 1 fully saturated rings. The summed E-state index contributed by atoms with van der Waals surface area (Å²) in [5.41, 5.74) is 0. The van der Waals surface area contributed by atoms with Crippen molar-refractivity contribution in [3.63, 3.8) is 0 Å². The zero-order chi connectivity index (χ0) is 21.8. The molecule has 0 aromatic carbocycles.